The minimum absolute atomic E-state index is 0.302. The van der Waals surface area contributed by atoms with Crippen molar-refractivity contribution < 1.29 is 17.9 Å². The molecule has 0 unspecified atom stereocenters. The molecule has 24 heavy (non-hydrogen) atoms. The molecule has 5 nitrogen and oxygen atoms in total. The van der Waals surface area contributed by atoms with Crippen LogP contribution in [-0.2, 0) is 19.6 Å². The first-order valence-electron chi connectivity index (χ1n) is 7.36. The van der Waals surface area contributed by atoms with Gasteiger partial charge in [0.15, 0.2) is 0 Å². The topological polar surface area (TPSA) is 72.5 Å². The van der Waals surface area contributed by atoms with Crippen molar-refractivity contribution in [1.29, 1.82) is 0 Å². The average molecular weight is 365 g/mol. The van der Waals surface area contributed by atoms with E-state index in [4.69, 9.17) is 4.74 Å². The molecule has 1 N–H and O–H groups in total. The Kier molecular flexibility index (Phi) is 5.80. The Morgan fingerprint density at radius 2 is 1.92 bits per heavy atom. The van der Waals surface area contributed by atoms with Crippen molar-refractivity contribution in [1.82, 2.24) is 0 Å². The van der Waals surface area contributed by atoms with Crippen LogP contribution in [0.15, 0.2) is 41.3 Å². The van der Waals surface area contributed by atoms with Crippen molar-refractivity contribution in [3.63, 3.8) is 0 Å². The predicted molar refractivity (Wildman–Crippen MR) is 96.7 cm³/mol. The Morgan fingerprint density at radius 3 is 2.46 bits per heavy atom. The minimum atomic E-state index is -3.60. The zero-order chi connectivity index (χ0) is 17.7. The van der Waals surface area contributed by atoms with E-state index in [1.807, 2.05) is 6.92 Å². The van der Waals surface area contributed by atoms with Gasteiger partial charge in [-0.2, -0.15) is 0 Å². The van der Waals surface area contributed by atoms with Gasteiger partial charge in [0.05, 0.1) is 6.61 Å². The number of carbonyl (C=O) groups is 1. The Morgan fingerprint density at radius 1 is 1.25 bits per heavy atom. The fourth-order valence-corrected chi connectivity index (χ4v) is 4.72. The van der Waals surface area contributed by atoms with Gasteiger partial charge in [-0.25, -0.2) is 13.2 Å². The highest BCUT2D eigenvalue weighted by atomic mass is 32.2. The van der Waals surface area contributed by atoms with E-state index in [0.717, 1.165) is 15.3 Å². The number of ether oxygens (including phenoxy) is 1. The van der Waals surface area contributed by atoms with Crippen molar-refractivity contribution in [3.8, 4) is 0 Å². The minimum Gasteiger partial charge on any atom is -0.463 e. The van der Waals surface area contributed by atoms with E-state index in [-0.39, 0.29) is 0 Å². The Bertz CT molecular complexity index is 849. The number of sulfonamides is 1. The van der Waals surface area contributed by atoms with Crippen LogP contribution in [0.5, 0.6) is 0 Å². The highest BCUT2D eigenvalue weighted by molar-refractivity contribution is 7.93. The number of thiophene rings is 1. The Balaban J connectivity index is 2.11. The summed E-state index contributed by atoms with van der Waals surface area (Å²) in [5, 5.41) is 0. The molecule has 0 amide bonds. The molecule has 0 atom stereocenters. The van der Waals surface area contributed by atoms with Crippen LogP contribution in [0, 0.1) is 13.8 Å². The molecule has 0 aliphatic rings. The Hall–Kier alpha value is -2.12. The zero-order valence-corrected chi connectivity index (χ0v) is 15.3. The monoisotopic (exact) mass is 365 g/mol. The molecule has 0 radical (unpaired) electrons. The molecular weight excluding hydrogens is 346 g/mol. The van der Waals surface area contributed by atoms with Crippen molar-refractivity contribution in [2.45, 2.75) is 25.7 Å². The van der Waals surface area contributed by atoms with Gasteiger partial charge in [-0.15, -0.1) is 11.3 Å². The number of hydrogen-bond acceptors (Lipinski definition) is 5. The summed E-state index contributed by atoms with van der Waals surface area (Å²) in [6.07, 6.45) is 2.95. The summed E-state index contributed by atoms with van der Waals surface area (Å²) in [4.78, 5) is 13.3. The number of aryl methyl sites for hydroxylation is 2. The molecule has 7 heteroatoms. The first kappa shape index (κ1) is 18.2. The molecule has 1 aromatic heterocycles. The summed E-state index contributed by atoms with van der Waals surface area (Å²) in [6, 6.07) is 8.41. The lowest BCUT2D eigenvalue weighted by atomic mass is 10.2. The number of nitrogens with one attached hydrogen (secondary N) is 1. The zero-order valence-electron chi connectivity index (χ0n) is 13.7. The number of carbonyl (C=O) groups excluding carboxylic acids is 1. The molecule has 0 spiro atoms. The van der Waals surface area contributed by atoms with E-state index in [1.165, 1.54) is 17.4 Å². The molecule has 0 aliphatic carbocycles. The first-order valence-corrected chi connectivity index (χ1v) is 9.66. The molecule has 0 aliphatic heterocycles. The van der Waals surface area contributed by atoms with E-state index in [1.54, 1.807) is 50.3 Å². The van der Waals surface area contributed by atoms with Gasteiger partial charge in [-0.1, -0.05) is 12.1 Å². The lowest BCUT2D eigenvalue weighted by Crippen LogP contribution is -2.13. The van der Waals surface area contributed by atoms with Crippen LogP contribution in [0.4, 0.5) is 5.69 Å². The number of esters is 1. The van der Waals surface area contributed by atoms with Crippen LogP contribution in [0.25, 0.3) is 6.08 Å². The van der Waals surface area contributed by atoms with Gasteiger partial charge < -0.3 is 4.74 Å². The third-order valence-corrected chi connectivity index (χ3v) is 5.75. The lowest BCUT2D eigenvalue weighted by Gasteiger charge is -2.07. The van der Waals surface area contributed by atoms with Gasteiger partial charge in [0, 0.05) is 21.5 Å². The maximum Gasteiger partial charge on any atom is 0.330 e. The van der Waals surface area contributed by atoms with E-state index in [0.29, 0.717) is 17.2 Å². The van der Waals surface area contributed by atoms with E-state index in [2.05, 4.69) is 4.72 Å². The fourth-order valence-electron chi connectivity index (χ4n) is 2.10. The highest BCUT2D eigenvalue weighted by Crippen LogP contribution is 2.26. The van der Waals surface area contributed by atoms with Crippen LogP contribution in [0.1, 0.15) is 22.2 Å². The van der Waals surface area contributed by atoms with Crippen molar-refractivity contribution in [2.24, 2.45) is 0 Å². The molecule has 2 aromatic rings. The summed E-state index contributed by atoms with van der Waals surface area (Å²) in [6.45, 7) is 5.73. The third kappa shape index (κ3) is 4.69. The summed E-state index contributed by atoms with van der Waals surface area (Å²) >= 11 is 1.45. The average Bonchev–Trinajstić information content (AvgIpc) is 2.86. The van der Waals surface area contributed by atoms with Gasteiger partial charge in [0.2, 0.25) is 0 Å². The van der Waals surface area contributed by atoms with Gasteiger partial charge in [-0.05, 0) is 50.6 Å². The summed E-state index contributed by atoms with van der Waals surface area (Å²) in [5.74, 6) is -0.411. The molecule has 0 saturated heterocycles. The highest BCUT2D eigenvalue weighted by Gasteiger charge is 2.19. The number of rotatable bonds is 6. The smallest absolute Gasteiger partial charge is 0.330 e. The molecule has 1 heterocycles. The summed E-state index contributed by atoms with van der Waals surface area (Å²) in [5.41, 5.74) is 1.24. The van der Waals surface area contributed by atoms with Crippen LogP contribution >= 0.6 is 11.3 Å². The predicted octanol–water partition coefficient (Wildman–Crippen LogP) is 3.74. The largest absolute Gasteiger partial charge is 0.463 e. The first-order chi connectivity index (χ1) is 11.3. The van der Waals surface area contributed by atoms with Crippen molar-refractivity contribution >= 4 is 39.1 Å². The van der Waals surface area contributed by atoms with E-state index in [9.17, 15) is 13.2 Å². The molecule has 0 bridgehead atoms. The van der Waals surface area contributed by atoms with E-state index < -0.39 is 16.0 Å². The van der Waals surface area contributed by atoms with Gasteiger partial charge in [-0.3, -0.25) is 4.72 Å². The normalized spacial score (nSPS) is 11.6. The van der Waals surface area contributed by atoms with Crippen LogP contribution in [0.3, 0.4) is 0 Å². The Labute approximate surface area is 146 Å². The molecule has 128 valence electrons. The van der Waals surface area contributed by atoms with Crippen LogP contribution in [0.2, 0.25) is 0 Å². The molecular formula is C17H19NO4S2. The molecule has 1 aromatic carbocycles. The molecule has 0 saturated carbocycles. The summed E-state index contributed by atoms with van der Waals surface area (Å²) in [7, 11) is -3.60. The standard InChI is InChI=1S/C17H19NO4S2/c1-4-22-17(19)10-7-14-5-8-15(9-6-14)18-24(20,21)16-11-12(2)23-13(16)3/h5-11,18H,4H2,1-3H3/b10-7+. The quantitative estimate of drug-likeness (QED) is 0.625. The van der Waals surface area contributed by atoms with Crippen LogP contribution < -0.4 is 4.72 Å². The van der Waals surface area contributed by atoms with Gasteiger partial charge in [0.1, 0.15) is 4.90 Å². The van der Waals surface area contributed by atoms with Crippen molar-refractivity contribution in [2.75, 3.05) is 11.3 Å². The maximum absolute atomic E-state index is 12.4. The second-order valence-corrected chi connectivity index (χ2v) is 8.20. The fraction of sp³-hybridized carbons (Fsp3) is 0.235. The molecule has 2 rings (SSSR count). The second kappa shape index (κ2) is 7.63. The van der Waals surface area contributed by atoms with Crippen LogP contribution in [-0.4, -0.2) is 21.0 Å². The summed E-state index contributed by atoms with van der Waals surface area (Å²) < 4.78 is 32.2. The third-order valence-electron chi connectivity index (χ3n) is 3.15. The van der Waals surface area contributed by atoms with Gasteiger partial charge in [0.25, 0.3) is 10.0 Å². The number of benzene rings is 1. The second-order valence-electron chi connectivity index (χ2n) is 5.09. The SMILES string of the molecule is CCOC(=O)/C=C/c1ccc(NS(=O)(=O)c2cc(C)sc2C)cc1. The number of hydrogen-bond donors (Lipinski definition) is 1. The molecule has 0 fully saturated rings. The van der Waals surface area contributed by atoms with Crippen molar-refractivity contribution in [3.05, 3.63) is 51.7 Å². The maximum atomic E-state index is 12.4. The van der Waals surface area contributed by atoms with E-state index >= 15 is 0 Å². The lowest BCUT2D eigenvalue weighted by molar-refractivity contribution is -0.137. The van der Waals surface area contributed by atoms with Gasteiger partial charge >= 0.3 is 5.97 Å². The number of anilines is 1.